The number of rotatable bonds is 12. The molecule has 110 valence electrons. The summed E-state index contributed by atoms with van der Waals surface area (Å²) in [5.41, 5.74) is 0.438. The van der Waals surface area contributed by atoms with E-state index >= 15 is 0 Å². The van der Waals surface area contributed by atoms with Crippen LogP contribution in [0.5, 0.6) is 0 Å². The maximum atomic E-state index is 3.62. The van der Waals surface area contributed by atoms with Crippen LogP contribution in [0.4, 0.5) is 0 Å². The molecule has 1 atom stereocenters. The van der Waals surface area contributed by atoms with Gasteiger partial charge >= 0.3 is 0 Å². The second-order valence-corrected chi connectivity index (χ2v) is 5.96. The van der Waals surface area contributed by atoms with Crippen LogP contribution in [0.3, 0.4) is 0 Å². The summed E-state index contributed by atoms with van der Waals surface area (Å²) in [6.45, 7) is 17.6. The second-order valence-electron chi connectivity index (χ2n) is 5.96. The van der Waals surface area contributed by atoms with Crippen LogP contribution in [0.2, 0.25) is 0 Å². The van der Waals surface area contributed by atoms with E-state index in [0.717, 1.165) is 13.1 Å². The average molecular weight is 256 g/mol. The number of unbranched alkanes of at least 4 members (excludes halogenated alkanes) is 1. The Hall–Kier alpha value is -0.0800. The lowest BCUT2D eigenvalue weighted by atomic mass is 9.84. The van der Waals surface area contributed by atoms with Crippen molar-refractivity contribution in [3.05, 3.63) is 0 Å². The molecule has 0 amide bonds. The Morgan fingerprint density at radius 3 is 2.22 bits per heavy atom. The molecule has 1 N–H and O–H groups in total. The van der Waals surface area contributed by atoms with E-state index in [1.807, 2.05) is 0 Å². The van der Waals surface area contributed by atoms with Gasteiger partial charge in [-0.05, 0) is 44.3 Å². The number of nitrogens with one attached hydrogen (secondary N) is 1. The van der Waals surface area contributed by atoms with Crippen LogP contribution >= 0.6 is 0 Å². The summed E-state index contributed by atoms with van der Waals surface area (Å²) in [4.78, 5) is 2.63. The lowest BCUT2D eigenvalue weighted by molar-refractivity contribution is 0.153. The van der Waals surface area contributed by atoms with E-state index in [1.54, 1.807) is 0 Å². The van der Waals surface area contributed by atoms with Crippen molar-refractivity contribution < 1.29 is 0 Å². The minimum atomic E-state index is 0.438. The standard InChI is InChI=1S/C16H36N2/c1-6-10-13-18(9-4)15-16(5,11-7-2)14-17-12-8-3/h17H,6-15H2,1-5H3. The highest BCUT2D eigenvalue weighted by Crippen LogP contribution is 2.24. The predicted octanol–water partition coefficient (Wildman–Crippen LogP) is 3.91. The van der Waals surface area contributed by atoms with E-state index in [-0.39, 0.29) is 0 Å². The molecule has 0 saturated carbocycles. The number of hydrogen-bond donors (Lipinski definition) is 1. The van der Waals surface area contributed by atoms with Gasteiger partial charge in [0.15, 0.2) is 0 Å². The predicted molar refractivity (Wildman–Crippen MR) is 83.2 cm³/mol. The van der Waals surface area contributed by atoms with Crippen molar-refractivity contribution in [3.8, 4) is 0 Å². The summed E-state index contributed by atoms with van der Waals surface area (Å²) in [5.74, 6) is 0. The normalized spacial score (nSPS) is 15.0. The maximum Gasteiger partial charge on any atom is 0.00474 e. The Morgan fingerprint density at radius 1 is 1.00 bits per heavy atom. The summed E-state index contributed by atoms with van der Waals surface area (Å²) in [6, 6.07) is 0. The van der Waals surface area contributed by atoms with Crippen molar-refractivity contribution in [3.63, 3.8) is 0 Å². The smallest absolute Gasteiger partial charge is 0.00474 e. The summed E-state index contributed by atoms with van der Waals surface area (Å²) in [7, 11) is 0. The van der Waals surface area contributed by atoms with Gasteiger partial charge in [0, 0.05) is 13.1 Å². The largest absolute Gasteiger partial charge is 0.316 e. The molecule has 0 aliphatic carbocycles. The topological polar surface area (TPSA) is 15.3 Å². The zero-order valence-corrected chi connectivity index (χ0v) is 13.5. The fourth-order valence-electron chi connectivity index (χ4n) is 2.66. The Balaban J connectivity index is 4.26. The van der Waals surface area contributed by atoms with E-state index in [2.05, 4.69) is 44.8 Å². The molecule has 1 unspecified atom stereocenters. The van der Waals surface area contributed by atoms with Crippen LogP contribution in [0.1, 0.15) is 66.7 Å². The van der Waals surface area contributed by atoms with Gasteiger partial charge in [0.1, 0.15) is 0 Å². The molecular weight excluding hydrogens is 220 g/mol. The lowest BCUT2D eigenvalue weighted by Gasteiger charge is -2.35. The Kier molecular flexibility index (Phi) is 10.8. The van der Waals surface area contributed by atoms with Gasteiger partial charge < -0.3 is 10.2 Å². The molecule has 2 heteroatoms. The highest BCUT2D eigenvalue weighted by atomic mass is 15.1. The molecule has 0 spiro atoms. The molecule has 0 aliphatic rings. The van der Waals surface area contributed by atoms with Gasteiger partial charge in [-0.15, -0.1) is 0 Å². The average Bonchev–Trinajstić information content (AvgIpc) is 2.35. The SMILES string of the molecule is CCCCN(CC)CC(C)(CCC)CNCCC. The highest BCUT2D eigenvalue weighted by molar-refractivity contribution is 4.80. The van der Waals surface area contributed by atoms with Gasteiger partial charge in [-0.25, -0.2) is 0 Å². The maximum absolute atomic E-state index is 3.62. The Morgan fingerprint density at radius 2 is 1.72 bits per heavy atom. The van der Waals surface area contributed by atoms with Crippen LogP contribution in [-0.2, 0) is 0 Å². The van der Waals surface area contributed by atoms with Crippen molar-refractivity contribution >= 4 is 0 Å². The molecule has 0 radical (unpaired) electrons. The van der Waals surface area contributed by atoms with Gasteiger partial charge in [-0.3, -0.25) is 0 Å². The molecule has 18 heavy (non-hydrogen) atoms. The van der Waals surface area contributed by atoms with Gasteiger partial charge in [-0.1, -0.05) is 47.5 Å². The molecular formula is C16H36N2. The third-order valence-corrected chi connectivity index (χ3v) is 3.71. The molecule has 0 aromatic carbocycles. The molecule has 0 rings (SSSR count). The number of hydrogen-bond acceptors (Lipinski definition) is 2. The molecule has 0 aliphatic heterocycles. The molecule has 0 bridgehead atoms. The minimum absolute atomic E-state index is 0.438. The van der Waals surface area contributed by atoms with Crippen molar-refractivity contribution in [2.75, 3.05) is 32.7 Å². The molecule has 0 aromatic rings. The molecule has 0 saturated heterocycles. The molecule has 2 nitrogen and oxygen atoms in total. The van der Waals surface area contributed by atoms with Crippen molar-refractivity contribution in [1.82, 2.24) is 10.2 Å². The first-order valence-electron chi connectivity index (χ1n) is 8.04. The van der Waals surface area contributed by atoms with Crippen LogP contribution in [0.15, 0.2) is 0 Å². The van der Waals surface area contributed by atoms with E-state index in [0.29, 0.717) is 5.41 Å². The van der Waals surface area contributed by atoms with Crippen LogP contribution in [0, 0.1) is 5.41 Å². The summed E-state index contributed by atoms with van der Waals surface area (Å²) in [5, 5.41) is 3.62. The van der Waals surface area contributed by atoms with Gasteiger partial charge in [0.25, 0.3) is 0 Å². The number of nitrogens with zero attached hydrogens (tertiary/aromatic N) is 1. The summed E-state index contributed by atoms with van der Waals surface area (Å²) >= 11 is 0. The van der Waals surface area contributed by atoms with Gasteiger partial charge in [0.05, 0.1) is 0 Å². The quantitative estimate of drug-likeness (QED) is 0.533. The third kappa shape index (κ3) is 8.10. The summed E-state index contributed by atoms with van der Waals surface area (Å²) in [6.07, 6.45) is 6.48. The van der Waals surface area contributed by atoms with Gasteiger partial charge in [0.2, 0.25) is 0 Å². The second kappa shape index (κ2) is 10.8. The van der Waals surface area contributed by atoms with Crippen molar-refractivity contribution in [1.29, 1.82) is 0 Å². The van der Waals surface area contributed by atoms with E-state index in [9.17, 15) is 0 Å². The third-order valence-electron chi connectivity index (χ3n) is 3.71. The first-order valence-corrected chi connectivity index (χ1v) is 8.04. The Bertz CT molecular complexity index is 182. The first kappa shape index (κ1) is 17.9. The minimum Gasteiger partial charge on any atom is -0.316 e. The van der Waals surface area contributed by atoms with E-state index in [4.69, 9.17) is 0 Å². The fourth-order valence-corrected chi connectivity index (χ4v) is 2.66. The van der Waals surface area contributed by atoms with Gasteiger partial charge in [-0.2, -0.15) is 0 Å². The van der Waals surface area contributed by atoms with Crippen molar-refractivity contribution in [2.24, 2.45) is 5.41 Å². The van der Waals surface area contributed by atoms with Crippen LogP contribution < -0.4 is 5.32 Å². The molecule has 0 heterocycles. The van der Waals surface area contributed by atoms with E-state index < -0.39 is 0 Å². The molecule has 0 aromatic heterocycles. The first-order chi connectivity index (χ1) is 8.61. The van der Waals surface area contributed by atoms with Crippen LogP contribution in [-0.4, -0.2) is 37.6 Å². The summed E-state index contributed by atoms with van der Waals surface area (Å²) < 4.78 is 0. The molecule has 0 fully saturated rings. The van der Waals surface area contributed by atoms with E-state index in [1.165, 1.54) is 51.7 Å². The fraction of sp³-hybridized carbons (Fsp3) is 1.00. The zero-order chi connectivity index (χ0) is 13.9. The lowest BCUT2D eigenvalue weighted by Crippen LogP contribution is -2.42. The van der Waals surface area contributed by atoms with Crippen LogP contribution in [0.25, 0.3) is 0 Å². The Labute approximate surface area is 116 Å². The zero-order valence-electron chi connectivity index (χ0n) is 13.5. The highest BCUT2D eigenvalue weighted by Gasteiger charge is 2.25. The monoisotopic (exact) mass is 256 g/mol. The van der Waals surface area contributed by atoms with Crippen molar-refractivity contribution in [2.45, 2.75) is 66.7 Å².